The Morgan fingerprint density at radius 2 is 2.43 bits per heavy atom. The van der Waals surface area contributed by atoms with E-state index in [0.29, 0.717) is 17.8 Å². The van der Waals surface area contributed by atoms with Crippen molar-refractivity contribution >= 4 is 11.6 Å². The van der Waals surface area contributed by atoms with E-state index in [1.165, 1.54) is 5.57 Å². The summed E-state index contributed by atoms with van der Waals surface area (Å²) in [5.74, 6) is 1.22. The first-order valence-corrected chi connectivity index (χ1v) is 5.60. The monoisotopic (exact) mass is 214 g/mol. The van der Waals surface area contributed by atoms with Crippen LogP contribution >= 0.6 is 11.6 Å². The van der Waals surface area contributed by atoms with E-state index in [-0.39, 0.29) is 0 Å². The molecule has 1 aliphatic carbocycles. The van der Waals surface area contributed by atoms with Crippen molar-refractivity contribution in [2.75, 3.05) is 12.9 Å². The van der Waals surface area contributed by atoms with Gasteiger partial charge in [-0.2, -0.15) is 0 Å². The van der Waals surface area contributed by atoms with E-state index >= 15 is 0 Å². The molecule has 0 bridgehead atoms. The summed E-state index contributed by atoms with van der Waals surface area (Å²) in [6.07, 6.45) is 6.16. The molecule has 1 rings (SSSR count). The number of rotatable bonds is 4. The van der Waals surface area contributed by atoms with Crippen molar-refractivity contribution < 1.29 is 0 Å². The normalized spacial score (nSPS) is 24.1. The molecule has 0 aromatic carbocycles. The molecule has 0 saturated heterocycles. The summed E-state index contributed by atoms with van der Waals surface area (Å²) in [6, 6.07) is 0.438. The summed E-state index contributed by atoms with van der Waals surface area (Å²) in [6.45, 7) is 2.16. The van der Waals surface area contributed by atoms with E-state index in [1.807, 2.05) is 7.05 Å². The lowest BCUT2D eigenvalue weighted by Crippen LogP contribution is -2.30. The maximum absolute atomic E-state index is 5.81. The molecule has 2 nitrogen and oxygen atoms in total. The van der Waals surface area contributed by atoms with Gasteiger partial charge >= 0.3 is 0 Å². The average molecular weight is 215 g/mol. The van der Waals surface area contributed by atoms with Crippen LogP contribution in [0.2, 0.25) is 0 Å². The van der Waals surface area contributed by atoms with Gasteiger partial charge in [-0.3, -0.25) is 0 Å². The highest BCUT2D eigenvalue weighted by atomic mass is 35.5. The van der Waals surface area contributed by atoms with Crippen molar-refractivity contribution in [1.29, 1.82) is 0 Å². The number of likely N-dealkylation sites (N-methyl/N-ethyl adjacent to an activating group) is 1. The second-order valence-electron chi connectivity index (χ2n) is 3.96. The molecule has 0 amide bonds. The second-order valence-corrected chi connectivity index (χ2v) is 4.27. The van der Waals surface area contributed by atoms with Crippen LogP contribution in [-0.4, -0.2) is 19.0 Å². The van der Waals surface area contributed by atoms with E-state index in [4.69, 9.17) is 17.3 Å². The highest BCUT2D eigenvalue weighted by Gasteiger charge is 2.16. The highest BCUT2D eigenvalue weighted by Crippen LogP contribution is 2.22. The minimum absolute atomic E-state index is 0.438. The Hall–Kier alpha value is -0.470. The number of allylic oxidation sites excluding steroid dienone is 1. The third kappa shape index (κ3) is 3.03. The SMILES string of the molecule is CNC1CC=C(N)C=C1C[C@@H](C)CCl. The second kappa shape index (κ2) is 5.42. The summed E-state index contributed by atoms with van der Waals surface area (Å²) in [7, 11) is 1.99. The lowest BCUT2D eigenvalue weighted by atomic mass is 9.90. The number of halogens is 1. The van der Waals surface area contributed by atoms with Crippen LogP contribution in [0.3, 0.4) is 0 Å². The van der Waals surface area contributed by atoms with Crippen molar-refractivity contribution in [1.82, 2.24) is 5.32 Å². The van der Waals surface area contributed by atoms with Gasteiger partial charge in [0.2, 0.25) is 0 Å². The molecule has 0 aliphatic heterocycles. The molecule has 0 heterocycles. The molecule has 0 fully saturated rings. The van der Waals surface area contributed by atoms with Crippen molar-refractivity contribution in [3.05, 3.63) is 23.4 Å². The molecule has 1 unspecified atom stereocenters. The largest absolute Gasteiger partial charge is 0.399 e. The van der Waals surface area contributed by atoms with Gasteiger partial charge in [-0.15, -0.1) is 11.6 Å². The predicted molar refractivity (Wildman–Crippen MR) is 62.3 cm³/mol. The molecule has 3 heteroatoms. The molecule has 14 heavy (non-hydrogen) atoms. The van der Waals surface area contributed by atoms with E-state index in [1.54, 1.807) is 0 Å². The van der Waals surface area contributed by atoms with Crippen LogP contribution in [0.5, 0.6) is 0 Å². The van der Waals surface area contributed by atoms with Gasteiger partial charge in [0, 0.05) is 17.6 Å². The van der Waals surface area contributed by atoms with Gasteiger partial charge in [0.05, 0.1) is 0 Å². The van der Waals surface area contributed by atoms with E-state index in [2.05, 4.69) is 24.4 Å². The maximum Gasteiger partial charge on any atom is 0.0316 e. The van der Waals surface area contributed by atoms with E-state index < -0.39 is 0 Å². The van der Waals surface area contributed by atoms with Gasteiger partial charge in [0.15, 0.2) is 0 Å². The third-order valence-corrected chi connectivity index (χ3v) is 3.11. The Morgan fingerprint density at radius 3 is 3.00 bits per heavy atom. The molecule has 1 aliphatic rings. The smallest absolute Gasteiger partial charge is 0.0316 e. The molecule has 0 spiro atoms. The van der Waals surface area contributed by atoms with Crippen LogP contribution < -0.4 is 11.1 Å². The Bertz CT molecular complexity index is 246. The molecule has 0 aromatic rings. The average Bonchev–Trinajstić information content (AvgIpc) is 2.18. The highest BCUT2D eigenvalue weighted by molar-refractivity contribution is 6.18. The first-order chi connectivity index (χ1) is 6.67. The fourth-order valence-corrected chi connectivity index (χ4v) is 1.85. The number of hydrogen-bond donors (Lipinski definition) is 2. The van der Waals surface area contributed by atoms with Crippen LogP contribution in [0.25, 0.3) is 0 Å². The van der Waals surface area contributed by atoms with Crippen LogP contribution in [-0.2, 0) is 0 Å². The molecular formula is C11H19ClN2. The Morgan fingerprint density at radius 1 is 1.71 bits per heavy atom. The minimum Gasteiger partial charge on any atom is -0.399 e. The lowest BCUT2D eigenvalue weighted by Gasteiger charge is -2.24. The van der Waals surface area contributed by atoms with Gasteiger partial charge in [-0.05, 0) is 31.9 Å². The quantitative estimate of drug-likeness (QED) is 0.703. The topological polar surface area (TPSA) is 38.0 Å². The zero-order chi connectivity index (χ0) is 10.6. The fourth-order valence-electron chi connectivity index (χ4n) is 1.74. The first kappa shape index (κ1) is 11.6. The summed E-state index contributed by atoms with van der Waals surface area (Å²) < 4.78 is 0. The maximum atomic E-state index is 5.81. The minimum atomic E-state index is 0.438. The van der Waals surface area contributed by atoms with Crippen molar-refractivity contribution in [3.8, 4) is 0 Å². The van der Waals surface area contributed by atoms with Gasteiger partial charge < -0.3 is 11.1 Å². The van der Waals surface area contributed by atoms with Crippen LogP contribution in [0, 0.1) is 5.92 Å². The van der Waals surface area contributed by atoms with Crippen molar-refractivity contribution in [2.45, 2.75) is 25.8 Å². The van der Waals surface area contributed by atoms with Crippen LogP contribution in [0.15, 0.2) is 23.4 Å². The van der Waals surface area contributed by atoms with Crippen LogP contribution in [0.4, 0.5) is 0 Å². The molecular weight excluding hydrogens is 196 g/mol. The summed E-state index contributed by atoms with van der Waals surface area (Å²) >= 11 is 5.81. The number of nitrogens with one attached hydrogen (secondary N) is 1. The van der Waals surface area contributed by atoms with Gasteiger partial charge in [0.1, 0.15) is 0 Å². The third-order valence-electron chi connectivity index (χ3n) is 2.58. The Kier molecular flexibility index (Phi) is 4.49. The molecule has 3 N–H and O–H groups in total. The van der Waals surface area contributed by atoms with Gasteiger partial charge in [0.25, 0.3) is 0 Å². The molecule has 0 saturated carbocycles. The van der Waals surface area contributed by atoms with Crippen molar-refractivity contribution in [2.24, 2.45) is 11.7 Å². The number of alkyl halides is 1. The summed E-state index contributed by atoms with van der Waals surface area (Å²) in [4.78, 5) is 0. The fraction of sp³-hybridized carbons (Fsp3) is 0.636. The molecule has 0 radical (unpaired) electrons. The molecule has 2 atom stereocenters. The standard InChI is InChI=1S/C11H19ClN2/c1-8(7-12)5-9-6-10(13)3-4-11(9)14-2/h3,6,8,11,14H,4-5,7,13H2,1-2H3/t8-,11?/m1/s1. The Labute approximate surface area is 91.2 Å². The van der Waals surface area contributed by atoms with Gasteiger partial charge in [-0.25, -0.2) is 0 Å². The number of hydrogen-bond acceptors (Lipinski definition) is 2. The van der Waals surface area contributed by atoms with E-state index in [9.17, 15) is 0 Å². The first-order valence-electron chi connectivity index (χ1n) is 5.06. The van der Waals surface area contributed by atoms with Gasteiger partial charge in [-0.1, -0.05) is 18.6 Å². The zero-order valence-electron chi connectivity index (χ0n) is 8.89. The van der Waals surface area contributed by atoms with Crippen molar-refractivity contribution in [3.63, 3.8) is 0 Å². The summed E-state index contributed by atoms with van der Waals surface area (Å²) in [5, 5.41) is 3.29. The predicted octanol–water partition coefficient (Wildman–Crippen LogP) is 2.01. The lowest BCUT2D eigenvalue weighted by molar-refractivity contribution is 0.554. The zero-order valence-corrected chi connectivity index (χ0v) is 9.64. The summed E-state index contributed by atoms with van der Waals surface area (Å²) in [5.41, 5.74) is 8.04. The number of nitrogens with two attached hydrogens (primary N) is 1. The Balaban J connectivity index is 2.65. The molecule has 80 valence electrons. The van der Waals surface area contributed by atoms with Crippen LogP contribution in [0.1, 0.15) is 19.8 Å². The van der Waals surface area contributed by atoms with E-state index in [0.717, 1.165) is 18.5 Å². The molecule has 0 aromatic heterocycles.